The Bertz CT molecular complexity index is 372. The van der Waals surface area contributed by atoms with Crippen LogP contribution in [-0.4, -0.2) is 30.7 Å². The average molecular weight is 282 g/mol. The molecule has 0 aromatic heterocycles. The molecular weight excluding hydrogens is 252 g/mol. The molecule has 0 aromatic carbocycles. The minimum absolute atomic E-state index is 0.0423. The van der Waals surface area contributed by atoms with Crippen molar-refractivity contribution in [3.63, 3.8) is 0 Å². The van der Waals surface area contributed by atoms with E-state index in [0.29, 0.717) is 6.61 Å². The Morgan fingerprint density at radius 1 is 1.25 bits per heavy atom. The minimum Gasteiger partial charge on any atom is -0.372 e. The lowest BCUT2D eigenvalue weighted by Gasteiger charge is -2.57. The topological polar surface area (TPSA) is 35.5 Å². The van der Waals surface area contributed by atoms with Gasteiger partial charge in [-0.05, 0) is 51.7 Å². The van der Waals surface area contributed by atoms with Crippen molar-refractivity contribution >= 4 is 5.78 Å². The fourth-order valence-corrected chi connectivity index (χ4v) is 3.66. The van der Waals surface area contributed by atoms with Crippen molar-refractivity contribution in [2.75, 3.05) is 13.7 Å². The third-order valence-corrected chi connectivity index (χ3v) is 4.75. The van der Waals surface area contributed by atoms with Crippen molar-refractivity contribution in [2.24, 2.45) is 5.41 Å². The van der Waals surface area contributed by atoms with Gasteiger partial charge < -0.3 is 9.47 Å². The molecule has 0 heterocycles. The summed E-state index contributed by atoms with van der Waals surface area (Å²) >= 11 is 0. The molecule has 0 N–H and O–H groups in total. The maximum Gasteiger partial charge on any atom is 0.152 e. The molecule has 1 aliphatic rings. The molecule has 0 aliphatic heterocycles. The second-order valence-corrected chi connectivity index (χ2v) is 6.70. The predicted octanol–water partition coefficient (Wildman–Crippen LogP) is 3.91. The largest absolute Gasteiger partial charge is 0.372 e. The normalized spacial score (nSPS) is 33.5. The van der Waals surface area contributed by atoms with Crippen molar-refractivity contribution in [3.8, 4) is 0 Å². The Labute approximate surface area is 123 Å². The van der Waals surface area contributed by atoms with Crippen molar-refractivity contribution in [1.29, 1.82) is 0 Å². The van der Waals surface area contributed by atoms with Crippen LogP contribution in [-0.2, 0) is 14.3 Å². The lowest BCUT2D eigenvalue weighted by molar-refractivity contribution is -0.232. The van der Waals surface area contributed by atoms with Gasteiger partial charge in [-0.3, -0.25) is 4.79 Å². The first kappa shape index (κ1) is 17.4. The molecule has 0 bridgehead atoms. The summed E-state index contributed by atoms with van der Waals surface area (Å²) in [5, 5.41) is 0. The van der Waals surface area contributed by atoms with Gasteiger partial charge in [-0.25, -0.2) is 0 Å². The standard InChI is InChI=1S/C17H30O3/c1-7-13-20-16(5)11-8-10-15(3,4)17(16,19-6)12-9-14(2)18/h9,12H,7-8,10-11,13H2,1-6H3/b12-9+. The van der Waals surface area contributed by atoms with Crippen LogP contribution in [0.2, 0.25) is 0 Å². The van der Waals surface area contributed by atoms with Crippen LogP contribution in [0, 0.1) is 5.41 Å². The number of hydrogen-bond donors (Lipinski definition) is 0. The van der Waals surface area contributed by atoms with Crippen molar-refractivity contribution < 1.29 is 14.3 Å². The number of allylic oxidation sites excluding steroid dienone is 1. The number of ether oxygens (including phenoxy) is 2. The van der Waals surface area contributed by atoms with Gasteiger partial charge in [0.1, 0.15) is 5.60 Å². The van der Waals surface area contributed by atoms with Gasteiger partial charge >= 0.3 is 0 Å². The third-order valence-electron chi connectivity index (χ3n) is 4.75. The summed E-state index contributed by atoms with van der Waals surface area (Å²) in [6, 6.07) is 0. The molecule has 1 aliphatic carbocycles. The number of ketones is 1. The zero-order valence-corrected chi connectivity index (χ0v) is 13.9. The minimum atomic E-state index is -0.570. The molecule has 2 unspecified atom stereocenters. The molecule has 20 heavy (non-hydrogen) atoms. The van der Waals surface area contributed by atoms with Crippen LogP contribution in [0.1, 0.15) is 60.3 Å². The maximum absolute atomic E-state index is 11.4. The zero-order valence-electron chi connectivity index (χ0n) is 13.9. The molecular formula is C17H30O3. The predicted molar refractivity (Wildman–Crippen MR) is 81.8 cm³/mol. The fraction of sp³-hybridized carbons (Fsp3) is 0.824. The molecule has 0 aromatic rings. The maximum atomic E-state index is 11.4. The highest BCUT2D eigenvalue weighted by molar-refractivity contribution is 5.87. The fourth-order valence-electron chi connectivity index (χ4n) is 3.66. The number of carbonyl (C=O) groups excluding carboxylic acids is 1. The molecule has 0 saturated heterocycles. The summed E-state index contributed by atoms with van der Waals surface area (Å²) in [5.41, 5.74) is -1.04. The van der Waals surface area contributed by atoms with Crippen LogP contribution in [0.3, 0.4) is 0 Å². The van der Waals surface area contributed by atoms with E-state index in [1.807, 2.05) is 6.08 Å². The molecule has 3 heteroatoms. The summed E-state index contributed by atoms with van der Waals surface area (Å²) in [6.07, 6.45) is 7.67. The van der Waals surface area contributed by atoms with Gasteiger partial charge in [-0.2, -0.15) is 0 Å². The van der Waals surface area contributed by atoms with E-state index in [2.05, 4.69) is 27.7 Å². The summed E-state index contributed by atoms with van der Waals surface area (Å²) < 4.78 is 12.2. The second-order valence-electron chi connectivity index (χ2n) is 6.70. The van der Waals surface area contributed by atoms with E-state index < -0.39 is 11.2 Å². The Morgan fingerprint density at radius 2 is 1.90 bits per heavy atom. The quantitative estimate of drug-likeness (QED) is 0.693. The summed E-state index contributed by atoms with van der Waals surface area (Å²) in [4.78, 5) is 11.4. The Kier molecular flexibility index (Phi) is 5.56. The van der Waals surface area contributed by atoms with Crippen LogP contribution in [0.15, 0.2) is 12.2 Å². The Hall–Kier alpha value is -0.670. The molecule has 2 atom stereocenters. The van der Waals surface area contributed by atoms with E-state index in [9.17, 15) is 4.79 Å². The molecule has 1 fully saturated rings. The van der Waals surface area contributed by atoms with Crippen LogP contribution < -0.4 is 0 Å². The van der Waals surface area contributed by atoms with Crippen LogP contribution >= 0.6 is 0 Å². The van der Waals surface area contributed by atoms with Crippen molar-refractivity contribution in [1.82, 2.24) is 0 Å². The number of methoxy groups -OCH3 is 1. The average Bonchev–Trinajstić information content (AvgIpc) is 2.35. The Balaban J connectivity index is 3.27. The van der Waals surface area contributed by atoms with Crippen LogP contribution in [0.25, 0.3) is 0 Å². The number of hydrogen-bond acceptors (Lipinski definition) is 3. The SMILES string of the molecule is CCCOC1(C)CCCC(C)(C)C1(/C=C/C(C)=O)OC. The molecule has 1 saturated carbocycles. The molecule has 0 spiro atoms. The van der Waals surface area contributed by atoms with Gasteiger partial charge in [0.05, 0.1) is 5.60 Å². The van der Waals surface area contributed by atoms with Gasteiger partial charge in [0.15, 0.2) is 5.78 Å². The van der Waals surface area contributed by atoms with Gasteiger partial charge in [0, 0.05) is 19.1 Å². The number of rotatable bonds is 6. The summed E-state index contributed by atoms with van der Waals surface area (Å²) in [6.45, 7) is 10.9. The molecule has 3 nitrogen and oxygen atoms in total. The highest BCUT2D eigenvalue weighted by atomic mass is 16.6. The van der Waals surface area contributed by atoms with Crippen molar-refractivity contribution in [3.05, 3.63) is 12.2 Å². The lowest BCUT2D eigenvalue weighted by Crippen LogP contribution is -2.64. The van der Waals surface area contributed by atoms with E-state index in [4.69, 9.17) is 9.47 Å². The zero-order chi connectivity index (χ0) is 15.4. The molecule has 116 valence electrons. The third kappa shape index (κ3) is 2.99. The first-order valence-corrected chi connectivity index (χ1v) is 7.63. The highest BCUT2D eigenvalue weighted by Gasteiger charge is 2.59. The van der Waals surface area contributed by atoms with E-state index in [-0.39, 0.29) is 11.2 Å². The first-order valence-electron chi connectivity index (χ1n) is 7.63. The van der Waals surface area contributed by atoms with E-state index in [0.717, 1.165) is 25.7 Å². The monoisotopic (exact) mass is 282 g/mol. The van der Waals surface area contributed by atoms with E-state index in [1.54, 1.807) is 20.1 Å². The molecule has 0 radical (unpaired) electrons. The Morgan fingerprint density at radius 3 is 2.40 bits per heavy atom. The second kappa shape index (κ2) is 6.40. The van der Waals surface area contributed by atoms with E-state index in [1.165, 1.54) is 0 Å². The lowest BCUT2D eigenvalue weighted by atomic mass is 9.58. The smallest absolute Gasteiger partial charge is 0.152 e. The van der Waals surface area contributed by atoms with Gasteiger partial charge in [-0.15, -0.1) is 0 Å². The molecule has 1 rings (SSSR count). The van der Waals surface area contributed by atoms with Crippen molar-refractivity contribution in [2.45, 2.75) is 71.5 Å². The van der Waals surface area contributed by atoms with Crippen LogP contribution in [0.5, 0.6) is 0 Å². The van der Waals surface area contributed by atoms with Gasteiger partial charge in [0.25, 0.3) is 0 Å². The first-order chi connectivity index (χ1) is 9.24. The highest BCUT2D eigenvalue weighted by Crippen LogP contribution is 2.53. The van der Waals surface area contributed by atoms with E-state index >= 15 is 0 Å². The summed E-state index contributed by atoms with van der Waals surface area (Å²) in [5.74, 6) is 0.0423. The van der Waals surface area contributed by atoms with Gasteiger partial charge in [0.2, 0.25) is 0 Å². The van der Waals surface area contributed by atoms with Gasteiger partial charge in [-0.1, -0.05) is 20.8 Å². The number of carbonyl (C=O) groups is 1. The van der Waals surface area contributed by atoms with Crippen LogP contribution in [0.4, 0.5) is 0 Å². The molecule has 0 amide bonds. The summed E-state index contributed by atoms with van der Waals surface area (Å²) in [7, 11) is 1.73.